The zero-order chi connectivity index (χ0) is 30.1. The maximum absolute atomic E-state index is 14.3. The molecule has 3 aromatic rings. The summed E-state index contributed by atoms with van der Waals surface area (Å²) in [5, 5.41) is 20.4. The molecule has 12 heteroatoms. The summed E-state index contributed by atoms with van der Waals surface area (Å²) in [5.41, 5.74) is 4.40. The first-order chi connectivity index (χ1) is 19.9. The van der Waals surface area contributed by atoms with Crippen molar-refractivity contribution < 1.29 is 33.3 Å². The van der Waals surface area contributed by atoms with E-state index in [1.54, 1.807) is 29.2 Å². The Morgan fingerprint density at radius 1 is 1.07 bits per heavy atom. The van der Waals surface area contributed by atoms with Crippen molar-refractivity contribution in [1.82, 2.24) is 14.5 Å². The van der Waals surface area contributed by atoms with Crippen LogP contribution in [0, 0.1) is 5.92 Å². The molecule has 42 heavy (non-hydrogen) atoms. The third-order valence-corrected chi connectivity index (χ3v) is 8.17. The number of hydrogen-bond donors (Lipinski definition) is 3. The number of piperidine rings is 1. The van der Waals surface area contributed by atoms with Gasteiger partial charge < -0.3 is 25.6 Å². The molecule has 222 valence electrons. The highest BCUT2D eigenvalue weighted by Crippen LogP contribution is 2.46. The highest BCUT2D eigenvalue weighted by atomic mass is 19.3. The van der Waals surface area contributed by atoms with E-state index >= 15 is 0 Å². The third kappa shape index (κ3) is 6.28. The van der Waals surface area contributed by atoms with Crippen molar-refractivity contribution in [3.63, 3.8) is 0 Å². The summed E-state index contributed by atoms with van der Waals surface area (Å²) in [7, 11) is 0. The second-order valence-corrected chi connectivity index (χ2v) is 11.1. The first kappa shape index (κ1) is 29.2. The lowest BCUT2D eigenvalue weighted by molar-refractivity contribution is -0.145. The number of alkyl halides is 2. The molecule has 0 bridgehead atoms. The molecule has 1 saturated heterocycles. The predicted molar refractivity (Wildman–Crippen MR) is 149 cm³/mol. The Morgan fingerprint density at radius 3 is 2.48 bits per heavy atom. The fourth-order valence-corrected chi connectivity index (χ4v) is 5.82. The summed E-state index contributed by atoms with van der Waals surface area (Å²) in [4.78, 5) is 43.4. The zero-order valence-corrected chi connectivity index (χ0v) is 22.8. The number of carboxylic acids is 1. The van der Waals surface area contributed by atoms with Crippen LogP contribution < -0.4 is 16.0 Å². The lowest BCUT2D eigenvalue weighted by Gasteiger charge is -2.42. The number of anilines is 1. The lowest BCUT2D eigenvalue weighted by atomic mass is 9.73. The van der Waals surface area contributed by atoms with Gasteiger partial charge in [-0.2, -0.15) is 0 Å². The quantitative estimate of drug-likeness (QED) is 0.380. The number of halogens is 2. The first-order valence-electron chi connectivity index (χ1n) is 13.7. The molecule has 2 aliphatic rings. The van der Waals surface area contributed by atoms with Gasteiger partial charge >= 0.3 is 5.97 Å². The van der Waals surface area contributed by atoms with Gasteiger partial charge in [-0.3, -0.25) is 14.2 Å². The largest absolute Gasteiger partial charge is 0.478 e. The van der Waals surface area contributed by atoms with Gasteiger partial charge in [0.05, 0.1) is 17.7 Å². The lowest BCUT2D eigenvalue weighted by Crippen LogP contribution is -2.52. The summed E-state index contributed by atoms with van der Waals surface area (Å²) >= 11 is 0. The molecule has 10 nitrogen and oxygen atoms in total. The number of carboxylic acid groups (broad SMARTS) is 1. The number of carbonyl (C=O) groups is 2. The molecule has 1 aromatic heterocycles. The van der Waals surface area contributed by atoms with E-state index < -0.39 is 34.9 Å². The van der Waals surface area contributed by atoms with Gasteiger partial charge in [-0.25, -0.2) is 18.6 Å². The fourth-order valence-electron chi connectivity index (χ4n) is 5.82. The zero-order valence-electron chi connectivity index (χ0n) is 22.8. The number of ether oxygens (including phenoxy) is 1. The van der Waals surface area contributed by atoms with Gasteiger partial charge in [-0.15, -0.1) is 0 Å². The SMILES string of the molecule is Nc1c(Oc2cccc(C(=O)O)c2)ncn(CC2(O)CCN(C(=O)[C@@H]3CCC(F)(F)C[C@H]3c3ccccc3)CC2)c1=O. The van der Waals surface area contributed by atoms with E-state index in [4.69, 9.17) is 15.6 Å². The third-order valence-electron chi connectivity index (χ3n) is 8.17. The predicted octanol–water partition coefficient (Wildman–Crippen LogP) is 3.89. The molecule has 1 aliphatic heterocycles. The van der Waals surface area contributed by atoms with Gasteiger partial charge in [-0.1, -0.05) is 36.4 Å². The molecular weight excluding hydrogens is 550 g/mol. The van der Waals surface area contributed by atoms with Crippen LogP contribution in [0.2, 0.25) is 0 Å². The molecule has 2 atom stereocenters. The van der Waals surface area contributed by atoms with Crippen LogP contribution in [-0.4, -0.2) is 61.2 Å². The van der Waals surface area contributed by atoms with Crippen LogP contribution in [-0.2, 0) is 11.3 Å². The van der Waals surface area contributed by atoms with Crippen LogP contribution in [0.1, 0.15) is 53.9 Å². The molecule has 5 rings (SSSR count). The number of amides is 1. The van der Waals surface area contributed by atoms with Crippen molar-refractivity contribution >= 4 is 17.6 Å². The minimum absolute atomic E-state index is 0.0107. The second kappa shape index (κ2) is 11.5. The average Bonchev–Trinajstić information content (AvgIpc) is 2.97. The number of aliphatic hydroxyl groups is 1. The smallest absolute Gasteiger partial charge is 0.335 e. The standard InChI is InChI=1S/C30H32F2N4O6/c31-30(32)10-9-22(23(16-30)19-5-2-1-3-6-19)26(37)35-13-11-29(41,12-14-35)17-36-18-34-25(24(33)27(36)38)42-21-8-4-7-20(15-21)28(39)40/h1-8,15,18,22-23,41H,9-14,16-17,33H2,(H,39,40)/t22-,23+/m1/s1. The average molecular weight is 583 g/mol. The second-order valence-electron chi connectivity index (χ2n) is 11.1. The number of carbonyl (C=O) groups excluding carboxylic acids is 1. The summed E-state index contributed by atoms with van der Waals surface area (Å²) < 4.78 is 35.4. The normalized spacial score (nSPS) is 21.5. The molecule has 1 aliphatic carbocycles. The maximum Gasteiger partial charge on any atom is 0.335 e. The number of hydrogen-bond acceptors (Lipinski definition) is 7. The summed E-state index contributed by atoms with van der Waals surface area (Å²) in [5.74, 6) is -5.40. The minimum atomic E-state index is -2.83. The van der Waals surface area contributed by atoms with Gasteiger partial charge in [0.15, 0.2) is 5.69 Å². The number of rotatable bonds is 7. The number of nitrogens with two attached hydrogens (primary N) is 1. The monoisotopic (exact) mass is 582 g/mol. The van der Waals surface area contributed by atoms with Crippen LogP contribution in [0.3, 0.4) is 0 Å². The van der Waals surface area contributed by atoms with E-state index in [2.05, 4.69) is 4.98 Å². The number of nitrogens with zero attached hydrogens (tertiary/aromatic N) is 3. The highest BCUT2D eigenvalue weighted by Gasteiger charge is 2.46. The van der Waals surface area contributed by atoms with Gasteiger partial charge in [0.25, 0.3) is 5.56 Å². The van der Waals surface area contributed by atoms with Gasteiger partial charge in [-0.05, 0) is 43.0 Å². The van der Waals surface area contributed by atoms with E-state index in [1.807, 2.05) is 6.07 Å². The van der Waals surface area contributed by atoms with E-state index in [0.29, 0.717) is 0 Å². The molecule has 2 heterocycles. The van der Waals surface area contributed by atoms with Crippen molar-refractivity contribution in [2.24, 2.45) is 5.92 Å². The van der Waals surface area contributed by atoms with Crippen LogP contribution in [0.4, 0.5) is 14.5 Å². The number of likely N-dealkylation sites (tertiary alicyclic amines) is 1. The number of nitrogen functional groups attached to an aromatic ring is 1. The van der Waals surface area contributed by atoms with Crippen LogP contribution in [0.5, 0.6) is 11.6 Å². The van der Waals surface area contributed by atoms with Crippen LogP contribution >= 0.6 is 0 Å². The molecule has 2 fully saturated rings. The molecular formula is C30H32F2N4O6. The van der Waals surface area contributed by atoms with Crippen LogP contribution in [0.25, 0.3) is 0 Å². The molecule has 0 radical (unpaired) electrons. The van der Waals surface area contributed by atoms with E-state index in [1.165, 1.54) is 35.2 Å². The van der Waals surface area contributed by atoms with E-state index in [9.17, 15) is 28.3 Å². The molecule has 0 spiro atoms. The topological polar surface area (TPSA) is 148 Å². The number of aromatic carboxylic acids is 1. The molecule has 0 unspecified atom stereocenters. The Bertz CT molecular complexity index is 1520. The van der Waals surface area contributed by atoms with Crippen molar-refractivity contribution in [1.29, 1.82) is 0 Å². The van der Waals surface area contributed by atoms with Gasteiger partial charge in [0.2, 0.25) is 17.7 Å². The number of benzene rings is 2. The molecule has 1 amide bonds. The maximum atomic E-state index is 14.3. The van der Waals surface area contributed by atoms with Crippen LogP contribution in [0.15, 0.2) is 65.7 Å². The van der Waals surface area contributed by atoms with Gasteiger partial charge in [0, 0.05) is 37.8 Å². The Hall–Kier alpha value is -4.32. The van der Waals surface area contributed by atoms with Crippen molar-refractivity contribution in [2.45, 2.75) is 56.1 Å². The van der Waals surface area contributed by atoms with E-state index in [-0.39, 0.29) is 80.5 Å². The van der Waals surface area contributed by atoms with Crippen molar-refractivity contribution in [3.05, 3.63) is 82.4 Å². The molecule has 4 N–H and O–H groups in total. The minimum Gasteiger partial charge on any atom is -0.478 e. The summed E-state index contributed by atoms with van der Waals surface area (Å²) in [6.45, 7) is 0.299. The number of aromatic nitrogens is 2. The Kier molecular flexibility index (Phi) is 8.00. The molecule has 1 saturated carbocycles. The van der Waals surface area contributed by atoms with E-state index in [0.717, 1.165) is 5.56 Å². The summed E-state index contributed by atoms with van der Waals surface area (Å²) in [6, 6.07) is 14.6. The fraction of sp³-hybridized carbons (Fsp3) is 0.400. The van der Waals surface area contributed by atoms with Gasteiger partial charge in [0.1, 0.15) is 12.1 Å². The Morgan fingerprint density at radius 2 is 1.79 bits per heavy atom. The Balaban J connectivity index is 1.24. The first-order valence-corrected chi connectivity index (χ1v) is 13.7. The molecule has 2 aromatic carbocycles. The highest BCUT2D eigenvalue weighted by molar-refractivity contribution is 5.88. The van der Waals surface area contributed by atoms with Crippen molar-refractivity contribution in [2.75, 3.05) is 18.8 Å². The Labute approximate surface area is 240 Å². The summed E-state index contributed by atoms with van der Waals surface area (Å²) in [6.07, 6.45) is 0.896. The van der Waals surface area contributed by atoms with Crippen molar-refractivity contribution in [3.8, 4) is 11.6 Å².